The average molecular weight is 377 g/mol. The highest BCUT2D eigenvalue weighted by atomic mass is 14.0. The average Bonchev–Trinajstić information content (AvgIpc) is 2.68. The monoisotopic (exact) mass is 376 g/mol. The van der Waals surface area contributed by atoms with Crippen molar-refractivity contribution >= 4 is 0 Å². The zero-order valence-electron chi connectivity index (χ0n) is 19.4. The third-order valence-electron chi connectivity index (χ3n) is 5.70. The fourth-order valence-electron chi connectivity index (χ4n) is 3.92. The van der Waals surface area contributed by atoms with Gasteiger partial charge in [-0.25, -0.2) is 0 Å². The Balaban J connectivity index is 3.23. The van der Waals surface area contributed by atoms with Crippen LogP contribution in [0, 0.1) is 0 Å². The zero-order valence-corrected chi connectivity index (χ0v) is 19.4. The highest BCUT2D eigenvalue weighted by molar-refractivity contribution is 5.01. The molecule has 0 spiro atoms. The Hall–Kier alpha value is -0.520. The van der Waals surface area contributed by atoms with Crippen LogP contribution in [0.3, 0.4) is 0 Å². The van der Waals surface area contributed by atoms with Crippen LogP contribution in [0.25, 0.3) is 0 Å². The summed E-state index contributed by atoms with van der Waals surface area (Å²) in [5.41, 5.74) is 1.73. The lowest BCUT2D eigenvalue weighted by Crippen LogP contribution is -1.87. The van der Waals surface area contributed by atoms with Gasteiger partial charge in [0.05, 0.1) is 0 Å². The maximum Gasteiger partial charge on any atom is -0.0320 e. The molecule has 0 aromatic heterocycles. The SMILES string of the molecule is CC=CCCCCCCCCCCCCCCCCC(=CCC)CCCC. The van der Waals surface area contributed by atoms with Gasteiger partial charge >= 0.3 is 0 Å². The van der Waals surface area contributed by atoms with E-state index < -0.39 is 0 Å². The first-order valence-electron chi connectivity index (χ1n) is 12.6. The Labute approximate surface area is 173 Å². The topological polar surface area (TPSA) is 0 Å². The molecule has 0 heteroatoms. The van der Waals surface area contributed by atoms with Gasteiger partial charge in [-0.3, -0.25) is 0 Å². The first-order valence-corrected chi connectivity index (χ1v) is 12.6. The maximum absolute atomic E-state index is 2.49. The zero-order chi connectivity index (χ0) is 19.8. The van der Waals surface area contributed by atoms with Crippen molar-refractivity contribution < 1.29 is 0 Å². The minimum Gasteiger partial charge on any atom is -0.0917 e. The lowest BCUT2D eigenvalue weighted by molar-refractivity contribution is 0.532. The lowest BCUT2D eigenvalue weighted by atomic mass is 9.99. The van der Waals surface area contributed by atoms with E-state index in [0.29, 0.717) is 0 Å². The number of allylic oxidation sites excluding steroid dienone is 4. The minimum atomic E-state index is 1.22. The van der Waals surface area contributed by atoms with Gasteiger partial charge in [-0.15, -0.1) is 0 Å². The molecule has 0 heterocycles. The second-order valence-corrected chi connectivity index (χ2v) is 8.43. The molecule has 27 heavy (non-hydrogen) atoms. The molecule has 0 atom stereocenters. The summed E-state index contributed by atoms with van der Waals surface area (Å²) < 4.78 is 0. The second kappa shape index (κ2) is 23.5. The van der Waals surface area contributed by atoms with E-state index >= 15 is 0 Å². The molecule has 0 radical (unpaired) electrons. The molecule has 0 rings (SSSR count). The largest absolute Gasteiger partial charge is 0.0917 e. The van der Waals surface area contributed by atoms with Crippen molar-refractivity contribution in [3.8, 4) is 0 Å². The van der Waals surface area contributed by atoms with Crippen molar-refractivity contribution in [3.05, 3.63) is 23.8 Å². The molecule has 0 bridgehead atoms. The quantitative estimate of drug-likeness (QED) is 0.138. The molecule has 0 saturated carbocycles. The number of hydrogen-bond donors (Lipinski definition) is 0. The van der Waals surface area contributed by atoms with Crippen LogP contribution in [-0.2, 0) is 0 Å². The Bertz CT molecular complexity index is 323. The van der Waals surface area contributed by atoms with Crippen molar-refractivity contribution in [1.82, 2.24) is 0 Å². The van der Waals surface area contributed by atoms with Crippen LogP contribution in [0.1, 0.15) is 149 Å². The van der Waals surface area contributed by atoms with Crippen LogP contribution in [0.2, 0.25) is 0 Å². The predicted molar refractivity (Wildman–Crippen MR) is 127 cm³/mol. The Morgan fingerprint density at radius 2 is 1.00 bits per heavy atom. The van der Waals surface area contributed by atoms with Crippen LogP contribution < -0.4 is 0 Å². The molecular weight excluding hydrogens is 324 g/mol. The molecule has 0 aromatic rings. The van der Waals surface area contributed by atoms with E-state index in [-0.39, 0.29) is 0 Å². The summed E-state index contributed by atoms with van der Waals surface area (Å²) in [6.07, 6.45) is 35.2. The van der Waals surface area contributed by atoms with Crippen LogP contribution in [0.5, 0.6) is 0 Å². The van der Waals surface area contributed by atoms with E-state index in [9.17, 15) is 0 Å². The van der Waals surface area contributed by atoms with Gasteiger partial charge in [-0.05, 0) is 51.9 Å². The first kappa shape index (κ1) is 26.5. The number of hydrogen-bond acceptors (Lipinski definition) is 0. The van der Waals surface area contributed by atoms with Gasteiger partial charge in [0.1, 0.15) is 0 Å². The molecule has 0 unspecified atom stereocenters. The number of unbranched alkanes of at least 4 members (excludes halogenated alkanes) is 15. The summed E-state index contributed by atoms with van der Waals surface area (Å²) in [6.45, 7) is 6.70. The first-order chi connectivity index (χ1) is 13.3. The molecular formula is C27H52. The van der Waals surface area contributed by atoms with E-state index in [1.54, 1.807) is 5.57 Å². The molecule has 160 valence electrons. The van der Waals surface area contributed by atoms with Gasteiger partial charge in [0.2, 0.25) is 0 Å². The van der Waals surface area contributed by atoms with Gasteiger partial charge < -0.3 is 0 Å². The third-order valence-corrected chi connectivity index (χ3v) is 5.70. The van der Waals surface area contributed by atoms with Crippen LogP contribution in [-0.4, -0.2) is 0 Å². The molecule has 0 aromatic carbocycles. The molecule has 0 aliphatic heterocycles. The molecule has 0 amide bonds. The summed E-state index contributed by atoms with van der Waals surface area (Å²) in [5, 5.41) is 0. The highest BCUT2D eigenvalue weighted by Crippen LogP contribution is 2.18. The van der Waals surface area contributed by atoms with Gasteiger partial charge in [0.15, 0.2) is 0 Å². The Morgan fingerprint density at radius 1 is 0.556 bits per heavy atom. The molecule has 0 N–H and O–H groups in total. The van der Waals surface area contributed by atoms with E-state index in [1.165, 1.54) is 128 Å². The normalized spacial score (nSPS) is 12.3. The van der Waals surface area contributed by atoms with Gasteiger partial charge in [-0.2, -0.15) is 0 Å². The van der Waals surface area contributed by atoms with Crippen LogP contribution in [0.15, 0.2) is 23.8 Å². The van der Waals surface area contributed by atoms with E-state index in [0.717, 1.165) is 0 Å². The fourth-order valence-corrected chi connectivity index (χ4v) is 3.92. The summed E-state index contributed by atoms with van der Waals surface area (Å²) in [4.78, 5) is 0. The third kappa shape index (κ3) is 21.6. The minimum absolute atomic E-state index is 1.22. The van der Waals surface area contributed by atoms with Crippen molar-refractivity contribution in [2.75, 3.05) is 0 Å². The van der Waals surface area contributed by atoms with Gasteiger partial charge in [0.25, 0.3) is 0 Å². The standard InChI is InChI=1S/C27H52/c1-4-7-9-10-11-12-13-14-15-16-17-18-19-20-21-22-23-26-27(24-6-3)25-8-5-2/h4,7,24H,5-6,8-23,25-26H2,1-3H3. The van der Waals surface area contributed by atoms with Gasteiger partial charge in [-0.1, -0.05) is 121 Å². The second-order valence-electron chi connectivity index (χ2n) is 8.43. The Morgan fingerprint density at radius 3 is 1.44 bits per heavy atom. The summed E-state index contributed by atoms with van der Waals surface area (Å²) >= 11 is 0. The molecule has 0 nitrogen and oxygen atoms in total. The van der Waals surface area contributed by atoms with Crippen LogP contribution in [0.4, 0.5) is 0 Å². The van der Waals surface area contributed by atoms with Crippen molar-refractivity contribution in [3.63, 3.8) is 0 Å². The van der Waals surface area contributed by atoms with E-state index in [4.69, 9.17) is 0 Å². The smallest absolute Gasteiger partial charge is 0.0320 e. The van der Waals surface area contributed by atoms with Crippen molar-refractivity contribution in [2.45, 2.75) is 149 Å². The highest BCUT2D eigenvalue weighted by Gasteiger charge is 1.98. The summed E-state index contributed by atoms with van der Waals surface area (Å²) in [7, 11) is 0. The summed E-state index contributed by atoms with van der Waals surface area (Å²) in [6, 6.07) is 0. The number of rotatable bonds is 21. The van der Waals surface area contributed by atoms with E-state index in [2.05, 4.69) is 39.0 Å². The molecule has 0 saturated heterocycles. The van der Waals surface area contributed by atoms with Crippen molar-refractivity contribution in [1.29, 1.82) is 0 Å². The Kier molecular flexibility index (Phi) is 23.1. The van der Waals surface area contributed by atoms with Crippen molar-refractivity contribution in [2.24, 2.45) is 0 Å². The fraction of sp³-hybridized carbons (Fsp3) is 0.852. The molecule has 0 aliphatic carbocycles. The molecule has 0 fully saturated rings. The van der Waals surface area contributed by atoms with Gasteiger partial charge in [0, 0.05) is 0 Å². The van der Waals surface area contributed by atoms with E-state index in [1.807, 2.05) is 0 Å². The lowest BCUT2D eigenvalue weighted by Gasteiger charge is -2.07. The maximum atomic E-state index is 2.49. The summed E-state index contributed by atoms with van der Waals surface area (Å²) in [5.74, 6) is 0. The molecule has 0 aliphatic rings. The predicted octanol–water partition coefficient (Wildman–Crippen LogP) is 10.3. The van der Waals surface area contributed by atoms with Crippen LogP contribution >= 0.6 is 0 Å².